The van der Waals surface area contributed by atoms with Crippen molar-refractivity contribution in [1.29, 1.82) is 0 Å². The molecule has 27 heavy (non-hydrogen) atoms. The number of rotatable bonds is 5. The van der Waals surface area contributed by atoms with Gasteiger partial charge in [0.1, 0.15) is 12.7 Å². The number of carbonyl (C=O) groups is 2. The van der Waals surface area contributed by atoms with Crippen LogP contribution in [0.15, 0.2) is 12.2 Å². The van der Waals surface area contributed by atoms with Crippen LogP contribution in [0.3, 0.4) is 0 Å². The van der Waals surface area contributed by atoms with Crippen molar-refractivity contribution in [1.82, 2.24) is 0 Å². The number of carbonyl (C=O) groups excluding carboxylic acids is 2. The Morgan fingerprint density at radius 1 is 1.15 bits per heavy atom. The highest BCUT2D eigenvalue weighted by Crippen LogP contribution is 2.55. The number of methoxy groups -OCH3 is 1. The molecule has 0 aromatic heterocycles. The molecule has 1 fully saturated rings. The molecule has 156 valence electrons. The van der Waals surface area contributed by atoms with Gasteiger partial charge in [0.2, 0.25) is 0 Å². The third-order valence-corrected chi connectivity index (χ3v) is 3.27. The Kier molecular flexibility index (Phi) is 6.17. The van der Waals surface area contributed by atoms with E-state index in [-0.39, 0.29) is 5.57 Å². The minimum Gasteiger partial charge on any atom is -0.459 e. The van der Waals surface area contributed by atoms with Crippen molar-refractivity contribution < 1.29 is 63.7 Å². The molecule has 14 heteroatoms. The molecule has 1 heterocycles. The maximum Gasteiger partial charge on any atom is 0.491 e. The van der Waals surface area contributed by atoms with Gasteiger partial charge in [0.15, 0.2) is 6.10 Å². The molecular weight excluding hydrogens is 404 g/mol. The molecule has 0 N–H and O–H groups in total. The molecule has 6 nitrogen and oxygen atoms in total. The second kappa shape index (κ2) is 7.22. The predicted molar refractivity (Wildman–Crippen MR) is 67.3 cm³/mol. The summed E-state index contributed by atoms with van der Waals surface area (Å²) in [4.78, 5) is 22.1. The fourth-order valence-corrected chi connectivity index (χ4v) is 2.07. The van der Waals surface area contributed by atoms with E-state index in [0.717, 1.165) is 6.92 Å². The molecule has 0 amide bonds. The standard InChI is InChI=1S/C13H12F8O6/c1-5(2)8(22)25-4-6-7(24-3)10(14,15)12(26-6,13(19,20)21)27-9(23)11(16,17)18/h6-7H,1,4H2,2-3H3. The topological polar surface area (TPSA) is 71.1 Å². The van der Waals surface area contributed by atoms with E-state index in [1.807, 2.05) is 0 Å². The van der Waals surface area contributed by atoms with E-state index in [4.69, 9.17) is 0 Å². The summed E-state index contributed by atoms with van der Waals surface area (Å²) in [5.74, 6) is -15.4. The van der Waals surface area contributed by atoms with E-state index in [9.17, 15) is 44.7 Å². The van der Waals surface area contributed by atoms with Crippen LogP contribution in [-0.2, 0) is 28.5 Å². The second-order valence-corrected chi connectivity index (χ2v) is 5.32. The smallest absolute Gasteiger partial charge is 0.459 e. The molecule has 3 unspecified atom stereocenters. The summed E-state index contributed by atoms with van der Waals surface area (Å²) < 4.78 is 121. The van der Waals surface area contributed by atoms with Gasteiger partial charge < -0.3 is 18.9 Å². The lowest BCUT2D eigenvalue weighted by Crippen LogP contribution is -2.62. The molecule has 0 bridgehead atoms. The number of halogens is 8. The Bertz CT molecular complexity index is 613. The molecule has 1 aliphatic heterocycles. The highest BCUT2D eigenvalue weighted by atomic mass is 19.4. The van der Waals surface area contributed by atoms with Crippen molar-refractivity contribution in [3.05, 3.63) is 12.2 Å². The Morgan fingerprint density at radius 2 is 1.67 bits per heavy atom. The maximum atomic E-state index is 14.3. The van der Waals surface area contributed by atoms with Gasteiger partial charge in [0.25, 0.3) is 0 Å². The summed E-state index contributed by atoms with van der Waals surface area (Å²) in [5, 5.41) is 0. The number of alkyl halides is 8. The van der Waals surface area contributed by atoms with Gasteiger partial charge in [0.05, 0.1) is 0 Å². The number of hydrogen-bond donors (Lipinski definition) is 0. The molecule has 1 aliphatic rings. The average Bonchev–Trinajstić information content (AvgIpc) is 2.70. The zero-order valence-corrected chi connectivity index (χ0v) is 13.5. The van der Waals surface area contributed by atoms with Crippen LogP contribution in [0.25, 0.3) is 0 Å². The number of esters is 2. The summed E-state index contributed by atoms with van der Waals surface area (Å²) in [6.45, 7) is 2.99. The molecule has 3 atom stereocenters. The highest BCUT2D eigenvalue weighted by molar-refractivity contribution is 5.86. The van der Waals surface area contributed by atoms with Gasteiger partial charge in [-0.05, 0) is 6.92 Å². The van der Waals surface area contributed by atoms with Gasteiger partial charge in [-0.25, -0.2) is 9.59 Å². The van der Waals surface area contributed by atoms with E-state index in [2.05, 4.69) is 25.5 Å². The van der Waals surface area contributed by atoms with Crippen molar-refractivity contribution in [3.8, 4) is 0 Å². The summed E-state index contributed by atoms with van der Waals surface area (Å²) >= 11 is 0. The Hall–Kier alpha value is -1.96. The van der Waals surface area contributed by atoms with Gasteiger partial charge in [-0.2, -0.15) is 35.1 Å². The Balaban J connectivity index is 3.32. The first kappa shape index (κ1) is 23.1. The lowest BCUT2D eigenvalue weighted by molar-refractivity contribution is -0.414. The zero-order valence-electron chi connectivity index (χ0n) is 13.5. The molecule has 0 saturated carbocycles. The van der Waals surface area contributed by atoms with Crippen LogP contribution < -0.4 is 0 Å². The van der Waals surface area contributed by atoms with E-state index >= 15 is 0 Å². The predicted octanol–water partition coefficient (Wildman–Crippen LogP) is 2.52. The first-order valence-electron chi connectivity index (χ1n) is 6.79. The molecule has 0 spiro atoms. The summed E-state index contributed by atoms with van der Waals surface area (Å²) in [6.07, 6.45) is -17.6. The molecule has 1 rings (SSSR count). The van der Waals surface area contributed by atoms with Crippen LogP contribution in [0.1, 0.15) is 6.92 Å². The molecular formula is C13H12F8O6. The van der Waals surface area contributed by atoms with E-state index in [0.29, 0.717) is 7.11 Å². The minimum atomic E-state index is -6.30. The van der Waals surface area contributed by atoms with E-state index in [1.54, 1.807) is 0 Å². The van der Waals surface area contributed by atoms with Crippen molar-refractivity contribution >= 4 is 11.9 Å². The Labute approximate surface area is 146 Å². The van der Waals surface area contributed by atoms with Crippen molar-refractivity contribution in [2.45, 2.75) is 43.2 Å². The lowest BCUT2D eigenvalue weighted by Gasteiger charge is -2.35. The SMILES string of the molecule is C=C(C)C(=O)OCC1OC(OC(=O)C(F)(F)F)(C(F)(F)F)C(F)(F)C1OC. The number of ether oxygens (including phenoxy) is 4. The van der Waals surface area contributed by atoms with Crippen molar-refractivity contribution in [2.24, 2.45) is 0 Å². The quantitative estimate of drug-likeness (QED) is 0.390. The van der Waals surface area contributed by atoms with Crippen LogP contribution in [0, 0.1) is 0 Å². The van der Waals surface area contributed by atoms with Gasteiger partial charge >= 0.3 is 36.0 Å². The lowest BCUT2D eigenvalue weighted by atomic mass is 10.0. The molecule has 0 aromatic rings. The fourth-order valence-electron chi connectivity index (χ4n) is 2.07. The summed E-state index contributed by atoms with van der Waals surface area (Å²) in [5.41, 5.74) is -0.251. The van der Waals surface area contributed by atoms with Gasteiger partial charge in [0, 0.05) is 12.7 Å². The molecule has 0 radical (unpaired) electrons. The van der Waals surface area contributed by atoms with Gasteiger partial charge in [-0.15, -0.1) is 0 Å². The van der Waals surface area contributed by atoms with Crippen molar-refractivity contribution in [3.63, 3.8) is 0 Å². The van der Waals surface area contributed by atoms with Crippen LogP contribution in [-0.4, -0.2) is 61.9 Å². The van der Waals surface area contributed by atoms with Crippen molar-refractivity contribution in [2.75, 3.05) is 13.7 Å². The normalized spacial score (nSPS) is 27.9. The third kappa shape index (κ3) is 4.15. The second-order valence-electron chi connectivity index (χ2n) is 5.32. The highest BCUT2D eigenvalue weighted by Gasteiger charge is 2.84. The van der Waals surface area contributed by atoms with Crippen LogP contribution in [0.5, 0.6) is 0 Å². The summed E-state index contributed by atoms with van der Waals surface area (Å²) in [6, 6.07) is 0. The maximum absolute atomic E-state index is 14.3. The monoisotopic (exact) mass is 416 g/mol. The van der Waals surface area contributed by atoms with Crippen LogP contribution >= 0.6 is 0 Å². The number of hydrogen-bond acceptors (Lipinski definition) is 6. The zero-order chi connectivity index (χ0) is 21.4. The van der Waals surface area contributed by atoms with E-state index < -0.39 is 54.8 Å². The molecule has 0 aliphatic carbocycles. The molecule has 0 aromatic carbocycles. The minimum absolute atomic E-state index is 0.251. The van der Waals surface area contributed by atoms with Crippen LogP contribution in [0.2, 0.25) is 0 Å². The average molecular weight is 416 g/mol. The summed E-state index contributed by atoms with van der Waals surface area (Å²) in [7, 11) is 0.507. The van der Waals surface area contributed by atoms with Crippen LogP contribution in [0.4, 0.5) is 35.1 Å². The largest absolute Gasteiger partial charge is 0.491 e. The molecule has 1 saturated heterocycles. The fraction of sp³-hybridized carbons (Fsp3) is 0.692. The third-order valence-electron chi connectivity index (χ3n) is 3.27. The first-order valence-corrected chi connectivity index (χ1v) is 6.79. The first-order chi connectivity index (χ1) is 12.0. The Morgan fingerprint density at radius 3 is 2.04 bits per heavy atom. The van der Waals surface area contributed by atoms with E-state index in [1.165, 1.54) is 0 Å². The van der Waals surface area contributed by atoms with Gasteiger partial charge in [-0.3, -0.25) is 0 Å². The van der Waals surface area contributed by atoms with Gasteiger partial charge in [-0.1, -0.05) is 6.58 Å².